The van der Waals surface area contributed by atoms with Crippen LogP contribution in [0.1, 0.15) is 12.8 Å². The number of ether oxygens (including phenoxy) is 1. The Hall–Kier alpha value is -0.630. The monoisotopic (exact) mass is 309 g/mol. The first-order chi connectivity index (χ1) is 9.43. The van der Waals surface area contributed by atoms with E-state index >= 15 is 0 Å². The van der Waals surface area contributed by atoms with Crippen LogP contribution in [-0.4, -0.2) is 61.0 Å². The fraction of sp³-hybridized carbons (Fsp3) is 0.818. The van der Waals surface area contributed by atoms with Crippen LogP contribution in [0.3, 0.4) is 0 Å². The molecule has 1 amide bonds. The number of hydrogen-bond acceptors (Lipinski definition) is 7. The van der Waals surface area contributed by atoms with Crippen LogP contribution in [0, 0.1) is 5.41 Å². The van der Waals surface area contributed by atoms with Crippen molar-refractivity contribution in [3.05, 3.63) is 0 Å². The molecule has 3 atom stereocenters. The topological polar surface area (TPSA) is 128 Å². The smallest absolute Gasteiger partial charge is 0.243 e. The molecule has 0 bridgehead atoms. The van der Waals surface area contributed by atoms with Gasteiger partial charge in [-0.3, -0.25) is 9.59 Å². The number of hydrogen-bond donors (Lipinski definition) is 3. The lowest BCUT2D eigenvalue weighted by Gasteiger charge is -2.25. The summed E-state index contributed by atoms with van der Waals surface area (Å²) < 4.78 is 14.6. The van der Waals surface area contributed by atoms with Crippen molar-refractivity contribution in [2.45, 2.75) is 25.0 Å². The molecular weight excluding hydrogens is 289 g/mol. The van der Waals surface area contributed by atoms with E-state index in [4.69, 9.17) is 19.5 Å². The van der Waals surface area contributed by atoms with Gasteiger partial charge in [0.1, 0.15) is 19.3 Å². The van der Waals surface area contributed by atoms with Gasteiger partial charge in [0.15, 0.2) is 14.8 Å². The van der Waals surface area contributed by atoms with E-state index in [-0.39, 0.29) is 6.61 Å². The Bertz CT molecular complexity index is 348. The molecule has 0 aromatic heterocycles. The molecule has 1 saturated carbocycles. The number of methoxy groups -OCH3 is 1. The maximum absolute atomic E-state index is 11.6. The van der Waals surface area contributed by atoms with Crippen LogP contribution in [0.15, 0.2) is 0 Å². The number of carbonyl (C=O) groups excluding carboxylic acids is 2. The molecule has 1 rings (SSSR count). The van der Waals surface area contributed by atoms with Gasteiger partial charge in [-0.15, -0.1) is 0 Å². The van der Waals surface area contributed by atoms with Crippen molar-refractivity contribution < 1.29 is 33.6 Å². The van der Waals surface area contributed by atoms with Gasteiger partial charge in [-0.25, -0.2) is 0 Å². The zero-order valence-corrected chi connectivity index (χ0v) is 12.2. The Morgan fingerprint density at radius 2 is 1.90 bits per heavy atom. The molecule has 2 unspecified atom stereocenters. The van der Waals surface area contributed by atoms with E-state index in [9.17, 15) is 19.8 Å². The Kier molecular flexibility index (Phi) is 6.94. The van der Waals surface area contributed by atoms with Gasteiger partial charge in [0, 0.05) is 12.5 Å². The molecule has 0 aromatic carbocycles. The second-order valence-corrected chi connectivity index (χ2v) is 5.52. The van der Waals surface area contributed by atoms with Gasteiger partial charge >= 0.3 is 0 Å². The Morgan fingerprint density at radius 1 is 1.30 bits per heavy atom. The van der Waals surface area contributed by atoms with E-state index in [1.807, 2.05) is 0 Å². The lowest BCUT2D eigenvalue weighted by Crippen LogP contribution is -2.43. The van der Waals surface area contributed by atoms with Crippen molar-refractivity contribution in [1.29, 1.82) is 0 Å². The summed E-state index contributed by atoms with van der Waals surface area (Å²) in [5, 5.41) is 19.8. The van der Waals surface area contributed by atoms with Gasteiger partial charge in [0.05, 0.1) is 12.7 Å². The molecular formula is C11H20NO7P. The second-order valence-electron chi connectivity index (χ2n) is 4.78. The first kappa shape index (κ1) is 17.4. The Morgan fingerprint density at radius 3 is 2.40 bits per heavy atom. The highest BCUT2D eigenvalue weighted by Crippen LogP contribution is 2.49. The molecule has 1 fully saturated rings. The third-order valence-corrected chi connectivity index (χ3v) is 3.65. The van der Waals surface area contributed by atoms with Gasteiger partial charge in [-0.05, 0) is 12.8 Å². The predicted octanol–water partition coefficient (Wildman–Crippen LogP) is -1.27. The molecule has 0 aliphatic heterocycles. The molecule has 0 aromatic rings. The maximum Gasteiger partial charge on any atom is 0.243 e. The summed E-state index contributed by atoms with van der Waals surface area (Å²) in [5.41, 5.74) is 4.31. The van der Waals surface area contributed by atoms with Crippen LogP contribution in [0.25, 0.3) is 0 Å². The fourth-order valence-electron chi connectivity index (χ4n) is 1.81. The molecule has 8 nitrogen and oxygen atoms in total. The van der Waals surface area contributed by atoms with Crippen LogP contribution in [0.2, 0.25) is 0 Å². The zero-order valence-electron chi connectivity index (χ0n) is 11.2. The summed E-state index contributed by atoms with van der Waals surface area (Å²) >= 11 is 0. The molecule has 0 heterocycles. The summed E-state index contributed by atoms with van der Waals surface area (Å²) in [4.78, 5) is 22.0. The van der Waals surface area contributed by atoms with E-state index in [2.05, 4.69) is 0 Å². The molecule has 20 heavy (non-hydrogen) atoms. The lowest BCUT2D eigenvalue weighted by atomic mass is 9.93. The molecule has 116 valence electrons. The van der Waals surface area contributed by atoms with E-state index in [1.165, 1.54) is 7.11 Å². The summed E-state index contributed by atoms with van der Waals surface area (Å²) in [6.45, 7) is -0.407. The summed E-state index contributed by atoms with van der Waals surface area (Å²) in [5.74, 6) is -1.28. The number of primary amides is 1. The van der Waals surface area contributed by atoms with Crippen LogP contribution in [-0.2, 0) is 23.4 Å². The summed E-state index contributed by atoms with van der Waals surface area (Å²) in [6, 6.07) is 0. The van der Waals surface area contributed by atoms with Gasteiger partial charge < -0.3 is 29.7 Å². The van der Waals surface area contributed by atoms with Crippen LogP contribution >= 0.6 is 9.03 Å². The third kappa shape index (κ3) is 5.05. The van der Waals surface area contributed by atoms with Crippen molar-refractivity contribution in [3.63, 3.8) is 0 Å². The SMILES string of the molecule is COCC1(C(O)[C@H](O)C(=O)COPOCC(N)=O)CC1. The minimum atomic E-state index is -1.52. The highest BCUT2D eigenvalue weighted by molar-refractivity contribution is 7.26. The molecule has 0 radical (unpaired) electrons. The first-order valence-electron chi connectivity index (χ1n) is 6.07. The van der Waals surface area contributed by atoms with Crippen LogP contribution in [0.4, 0.5) is 0 Å². The van der Waals surface area contributed by atoms with E-state index < -0.39 is 45.0 Å². The number of Topliss-reactive ketones (excluding diaryl/α,β-unsaturated/α-hetero) is 1. The molecule has 0 saturated heterocycles. The number of ketones is 1. The largest absolute Gasteiger partial charge is 0.389 e. The number of aliphatic hydroxyl groups excluding tert-OH is 2. The minimum Gasteiger partial charge on any atom is -0.389 e. The highest BCUT2D eigenvalue weighted by Gasteiger charge is 2.52. The second kappa shape index (κ2) is 7.97. The van der Waals surface area contributed by atoms with Crippen LogP contribution in [0.5, 0.6) is 0 Å². The number of rotatable bonds is 11. The van der Waals surface area contributed by atoms with Crippen molar-refractivity contribution in [3.8, 4) is 0 Å². The Labute approximate surface area is 118 Å². The van der Waals surface area contributed by atoms with Crippen molar-refractivity contribution in [1.82, 2.24) is 0 Å². The average molecular weight is 309 g/mol. The van der Waals surface area contributed by atoms with Crippen molar-refractivity contribution in [2.24, 2.45) is 11.1 Å². The summed E-state index contributed by atoms with van der Waals surface area (Å²) in [7, 11) is 0.969. The van der Waals surface area contributed by atoms with E-state index in [0.29, 0.717) is 19.4 Å². The summed E-state index contributed by atoms with van der Waals surface area (Å²) in [6.07, 6.45) is -1.28. The van der Waals surface area contributed by atoms with Gasteiger partial charge in [-0.1, -0.05) is 0 Å². The standard InChI is InChI=1S/C11H20NO7P/c1-17-6-11(2-3-11)10(16)9(15)7(13)4-18-20-19-5-8(12)14/h9-10,15-16,20H,2-6H2,1H3,(H2,12,14)/t9-,10?/m1/s1. The number of nitrogens with two attached hydrogens (primary N) is 1. The van der Waals surface area contributed by atoms with Crippen molar-refractivity contribution in [2.75, 3.05) is 26.9 Å². The van der Waals surface area contributed by atoms with Gasteiger partial charge in [0.2, 0.25) is 5.91 Å². The van der Waals surface area contributed by atoms with E-state index in [1.54, 1.807) is 0 Å². The number of carbonyl (C=O) groups is 2. The predicted molar refractivity (Wildman–Crippen MR) is 70.0 cm³/mol. The zero-order chi connectivity index (χ0) is 15.2. The molecule has 4 N–H and O–H groups in total. The van der Waals surface area contributed by atoms with Gasteiger partial charge in [0.25, 0.3) is 0 Å². The van der Waals surface area contributed by atoms with Crippen molar-refractivity contribution >= 4 is 20.7 Å². The lowest BCUT2D eigenvalue weighted by molar-refractivity contribution is -0.139. The average Bonchev–Trinajstić information content (AvgIpc) is 3.17. The normalized spacial score (nSPS) is 19.9. The quantitative estimate of drug-likeness (QED) is 0.320. The fourth-order valence-corrected chi connectivity index (χ4v) is 2.30. The molecule has 1 aliphatic carbocycles. The Balaban J connectivity index is 2.27. The minimum absolute atomic E-state index is 0.294. The van der Waals surface area contributed by atoms with E-state index in [0.717, 1.165) is 0 Å². The first-order valence-corrected chi connectivity index (χ1v) is 6.89. The third-order valence-electron chi connectivity index (χ3n) is 3.13. The molecule has 9 heteroatoms. The molecule has 0 spiro atoms. The van der Waals surface area contributed by atoms with Gasteiger partial charge in [-0.2, -0.15) is 0 Å². The molecule has 1 aliphatic rings. The maximum atomic E-state index is 11.6. The van der Waals surface area contributed by atoms with Crippen LogP contribution < -0.4 is 5.73 Å². The number of amides is 1. The number of aliphatic hydroxyl groups is 2. The highest BCUT2D eigenvalue weighted by atomic mass is 31.1.